The largest absolute Gasteiger partial charge is 0.760 e. The summed E-state index contributed by atoms with van der Waals surface area (Å²) in [5.74, 6) is 2.99. The van der Waals surface area contributed by atoms with Gasteiger partial charge in [-0.2, -0.15) is 0 Å². The zero-order valence-electron chi connectivity index (χ0n) is 9.96. The second kappa shape index (κ2) is 7.19. The van der Waals surface area contributed by atoms with E-state index in [1.165, 1.54) is 25.1 Å². The third kappa shape index (κ3) is 4.48. The van der Waals surface area contributed by atoms with Gasteiger partial charge < -0.3 is 5.41 Å². The number of H-pyrrole nitrogens is 1. The summed E-state index contributed by atoms with van der Waals surface area (Å²) in [7, 11) is 2.07. The number of aromatic nitrogens is 2. The maximum absolute atomic E-state index is 7.97. The van der Waals surface area contributed by atoms with E-state index in [0.717, 1.165) is 0 Å². The van der Waals surface area contributed by atoms with Crippen molar-refractivity contribution in [2.45, 2.75) is 26.2 Å². The molecule has 0 aliphatic carbocycles. The summed E-state index contributed by atoms with van der Waals surface area (Å²) in [5.41, 5.74) is 0. The molecule has 7 nitrogen and oxygen atoms in total. The highest BCUT2D eigenvalue weighted by Gasteiger charge is 2.03. The van der Waals surface area contributed by atoms with E-state index in [1.54, 1.807) is 5.87 Å². The highest BCUT2D eigenvalue weighted by atomic mass is 15.5. The van der Waals surface area contributed by atoms with E-state index in [2.05, 4.69) is 44.2 Å². The maximum Gasteiger partial charge on any atom is 0.253 e. The number of hydrogen-bond acceptors (Lipinski definition) is 4. The minimum atomic E-state index is 0.0139. The minimum Gasteiger partial charge on any atom is -0.760 e. The van der Waals surface area contributed by atoms with Gasteiger partial charge in [0.1, 0.15) is 12.4 Å². The van der Waals surface area contributed by atoms with Gasteiger partial charge in [0.25, 0.3) is 5.82 Å². The molecule has 0 radical (unpaired) electrons. The molecule has 0 atom stereocenters. The zero-order valence-corrected chi connectivity index (χ0v) is 9.96. The Kier molecular flexibility index (Phi) is 5.46. The third-order valence-electron chi connectivity index (χ3n) is 2.16. The number of nitrogens with one attached hydrogen (secondary N) is 1. The van der Waals surface area contributed by atoms with E-state index in [9.17, 15) is 0 Å². The van der Waals surface area contributed by atoms with Crippen molar-refractivity contribution in [3.8, 4) is 0 Å². The SMILES string of the molecule is CCCCc1[nH]cc[n+]1C.[N-]=C=C1N=NN=N1. The Labute approximate surface area is 99.5 Å². The lowest BCUT2D eigenvalue weighted by molar-refractivity contribution is -0.677. The van der Waals surface area contributed by atoms with Crippen molar-refractivity contribution in [3.05, 3.63) is 29.4 Å². The normalized spacial score (nSPS) is 12.2. The summed E-state index contributed by atoms with van der Waals surface area (Å²) in [5, 5.41) is 20.5. The van der Waals surface area contributed by atoms with Crippen LogP contribution in [0.25, 0.3) is 5.41 Å². The molecule has 7 heteroatoms. The van der Waals surface area contributed by atoms with Crippen LogP contribution in [0, 0.1) is 0 Å². The lowest BCUT2D eigenvalue weighted by atomic mass is 10.2. The second-order valence-corrected chi connectivity index (χ2v) is 3.44. The number of aromatic amines is 1. The average Bonchev–Trinajstić information content (AvgIpc) is 2.98. The second-order valence-electron chi connectivity index (χ2n) is 3.44. The van der Waals surface area contributed by atoms with E-state index >= 15 is 0 Å². The maximum atomic E-state index is 7.97. The van der Waals surface area contributed by atoms with Crippen molar-refractivity contribution < 1.29 is 4.57 Å². The highest BCUT2D eigenvalue weighted by Crippen LogP contribution is 2.02. The predicted molar refractivity (Wildman–Crippen MR) is 62.2 cm³/mol. The van der Waals surface area contributed by atoms with Crippen molar-refractivity contribution >= 4 is 5.87 Å². The smallest absolute Gasteiger partial charge is 0.253 e. The summed E-state index contributed by atoms with van der Waals surface area (Å²) < 4.78 is 2.13. The van der Waals surface area contributed by atoms with Crippen molar-refractivity contribution in [2.75, 3.05) is 0 Å². The number of nitrogens with zero attached hydrogens (tertiary/aromatic N) is 6. The zero-order chi connectivity index (χ0) is 12.5. The van der Waals surface area contributed by atoms with Gasteiger partial charge in [-0.3, -0.25) is 0 Å². The molecule has 1 aliphatic rings. The van der Waals surface area contributed by atoms with Crippen LogP contribution in [0.3, 0.4) is 0 Å². The molecule has 2 rings (SSSR count). The van der Waals surface area contributed by atoms with E-state index in [1.807, 2.05) is 12.4 Å². The molecule has 0 bridgehead atoms. The van der Waals surface area contributed by atoms with Crippen LogP contribution in [0.4, 0.5) is 0 Å². The van der Waals surface area contributed by atoms with Crippen LogP contribution in [-0.4, -0.2) is 10.9 Å². The average molecular weight is 233 g/mol. The Morgan fingerprint density at radius 3 is 2.53 bits per heavy atom. The standard InChI is InChI=1S/C8H14N2.C2N5/c1-3-4-5-8-9-6-7-10(8)2;3-1-2-4-6-7-5-2/h6-7H,3-5H2,1-2H3;/q;-1/p+1. The highest BCUT2D eigenvalue weighted by molar-refractivity contribution is 5.59. The molecule has 1 aromatic heterocycles. The van der Waals surface area contributed by atoms with E-state index in [4.69, 9.17) is 5.41 Å². The number of unbranched alkanes of at least 4 members (excludes halogenated alkanes) is 1. The summed E-state index contributed by atoms with van der Waals surface area (Å²) in [6.07, 6.45) is 7.73. The molecule has 0 saturated carbocycles. The van der Waals surface area contributed by atoms with Crippen LogP contribution in [0.15, 0.2) is 38.9 Å². The molecule has 90 valence electrons. The van der Waals surface area contributed by atoms with Crippen LogP contribution >= 0.6 is 0 Å². The van der Waals surface area contributed by atoms with Crippen molar-refractivity contribution in [1.82, 2.24) is 4.98 Å². The van der Waals surface area contributed by atoms with E-state index in [0.29, 0.717) is 0 Å². The molecule has 0 spiro atoms. The topological polar surface area (TPSA) is 91.4 Å². The Hall–Kier alpha value is -2.14. The van der Waals surface area contributed by atoms with Crippen LogP contribution in [0.5, 0.6) is 0 Å². The molecule has 1 aromatic rings. The fourth-order valence-electron chi connectivity index (χ4n) is 1.22. The Morgan fingerprint density at radius 2 is 2.12 bits per heavy atom. The van der Waals surface area contributed by atoms with E-state index < -0.39 is 0 Å². The van der Waals surface area contributed by atoms with Gasteiger partial charge in [0.15, 0.2) is 0 Å². The van der Waals surface area contributed by atoms with Gasteiger partial charge in [-0.15, -0.1) is 0 Å². The quantitative estimate of drug-likeness (QED) is 0.611. The van der Waals surface area contributed by atoms with Gasteiger partial charge in [-0.25, -0.2) is 15.4 Å². The van der Waals surface area contributed by atoms with Crippen LogP contribution < -0.4 is 4.57 Å². The van der Waals surface area contributed by atoms with Gasteiger partial charge in [0.2, 0.25) is 5.82 Å². The predicted octanol–water partition coefficient (Wildman–Crippen LogP) is 2.08. The summed E-state index contributed by atoms with van der Waals surface area (Å²) >= 11 is 0. The molecule has 0 amide bonds. The first-order valence-electron chi connectivity index (χ1n) is 5.38. The first kappa shape index (κ1) is 12.9. The summed E-state index contributed by atoms with van der Waals surface area (Å²) in [4.78, 5) is 3.20. The molecule has 17 heavy (non-hydrogen) atoms. The fourth-order valence-corrected chi connectivity index (χ4v) is 1.22. The molecular weight excluding hydrogens is 218 g/mol. The summed E-state index contributed by atoms with van der Waals surface area (Å²) in [6, 6.07) is 0. The number of rotatable bonds is 3. The van der Waals surface area contributed by atoms with Gasteiger partial charge in [0, 0.05) is 6.42 Å². The molecule has 2 heterocycles. The lowest BCUT2D eigenvalue weighted by Gasteiger charge is -1.91. The number of imidazole rings is 1. The molecule has 1 aliphatic heterocycles. The van der Waals surface area contributed by atoms with Gasteiger partial charge in [0.05, 0.1) is 7.05 Å². The molecule has 1 N–H and O–H groups in total. The third-order valence-corrected chi connectivity index (χ3v) is 2.16. The van der Waals surface area contributed by atoms with Crippen LogP contribution in [0.2, 0.25) is 0 Å². The molecule has 0 aromatic carbocycles. The molecule has 0 fully saturated rings. The lowest BCUT2D eigenvalue weighted by Crippen LogP contribution is -2.30. The van der Waals surface area contributed by atoms with Crippen molar-refractivity contribution in [2.24, 2.45) is 27.7 Å². The van der Waals surface area contributed by atoms with E-state index in [-0.39, 0.29) is 5.82 Å². The number of hydrogen-bond donors (Lipinski definition) is 1. The first-order valence-corrected chi connectivity index (χ1v) is 5.38. The first-order chi connectivity index (χ1) is 8.27. The molecular formula is C10H15N7. The fraction of sp³-hybridized carbons (Fsp3) is 0.500. The van der Waals surface area contributed by atoms with Gasteiger partial charge >= 0.3 is 0 Å². The Morgan fingerprint density at radius 1 is 1.41 bits per heavy atom. The molecule has 0 unspecified atom stereocenters. The van der Waals surface area contributed by atoms with Crippen molar-refractivity contribution in [1.29, 1.82) is 0 Å². The van der Waals surface area contributed by atoms with Gasteiger partial charge in [-0.05, 0) is 16.9 Å². The number of aryl methyl sites for hydroxylation is 2. The Balaban J connectivity index is 0.000000181. The minimum absolute atomic E-state index is 0.0139. The van der Waals surface area contributed by atoms with Crippen molar-refractivity contribution in [3.63, 3.8) is 0 Å². The monoisotopic (exact) mass is 233 g/mol. The van der Waals surface area contributed by atoms with Crippen LogP contribution in [-0.2, 0) is 13.5 Å². The summed E-state index contributed by atoms with van der Waals surface area (Å²) in [6.45, 7) is 2.21. The van der Waals surface area contributed by atoms with Crippen LogP contribution in [0.1, 0.15) is 25.6 Å². The molecule has 0 saturated heterocycles. The Bertz CT molecular complexity index is 437. The van der Waals surface area contributed by atoms with Gasteiger partial charge in [-0.1, -0.05) is 23.6 Å².